The van der Waals surface area contributed by atoms with E-state index in [1.807, 2.05) is 18.2 Å². The Labute approximate surface area is 157 Å². The van der Waals surface area contributed by atoms with E-state index in [9.17, 15) is 18.0 Å². The van der Waals surface area contributed by atoms with Gasteiger partial charge in [-0.2, -0.15) is 5.26 Å². The molecule has 7 nitrogen and oxygen atoms in total. The van der Waals surface area contributed by atoms with Crippen LogP contribution in [0.25, 0.3) is 0 Å². The van der Waals surface area contributed by atoms with Gasteiger partial charge in [0, 0.05) is 17.9 Å². The van der Waals surface area contributed by atoms with Crippen LogP contribution in [-0.2, 0) is 25.8 Å². The third-order valence-electron chi connectivity index (χ3n) is 4.41. The Bertz CT molecular complexity index is 1040. The summed E-state index contributed by atoms with van der Waals surface area (Å²) in [7, 11) is -3.75. The van der Waals surface area contributed by atoms with Crippen molar-refractivity contribution in [1.29, 1.82) is 5.26 Å². The van der Waals surface area contributed by atoms with Crippen molar-refractivity contribution < 1.29 is 18.0 Å². The van der Waals surface area contributed by atoms with E-state index in [0.717, 1.165) is 11.3 Å². The Morgan fingerprint density at radius 1 is 1.15 bits per heavy atom. The topological polar surface area (TPSA) is 107 Å². The molecule has 1 heterocycles. The number of carbonyl (C=O) groups is 2. The maximum Gasteiger partial charge on any atom is 0.316 e. The third kappa shape index (κ3) is 3.55. The largest absolute Gasteiger partial charge is 0.318 e. The van der Waals surface area contributed by atoms with Gasteiger partial charge >= 0.3 is 11.8 Å². The van der Waals surface area contributed by atoms with E-state index in [1.54, 1.807) is 12.1 Å². The van der Waals surface area contributed by atoms with Gasteiger partial charge in [0.2, 0.25) is 0 Å². The predicted octanol–water partition coefficient (Wildman–Crippen LogP) is 1.90. The van der Waals surface area contributed by atoms with Crippen molar-refractivity contribution in [2.75, 3.05) is 16.8 Å². The van der Waals surface area contributed by atoms with Crippen LogP contribution in [0.3, 0.4) is 0 Å². The van der Waals surface area contributed by atoms with E-state index in [2.05, 4.69) is 5.32 Å². The van der Waals surface area contributed by atoms with Crippen molar-refractivity contribution in [1.82, 2.24) is 0 Å². The fourth-order valence-electron chi connectivity index (χ4n) is 2.86. The molecule has 0 unspecified atom stereocenters. The maximum atomic E-state index is 12.4. The van der Waals surface area contributed by atoms with Crippen molar-refractivity contribution >= 4 is 33.0 Å². The second-order valence-electron chi connectivity index (χ2n) is 6.13. The van der Waals surface area contributed by atoms with Crippen LogP contribution >= 0.6 is 0 Å². The average molecular weight is 383 g/mol. The van der Waals surface area contributed by atoms with Crippen LogP contribution in [0.1, 0.15) is 12.5 Å². The summed E-state index contributed by atoms with van der Waals surface area (Å²) in [5, 5.41) is 10.1. The lowest BCUT2D eigenvalue weighted by Crippen LogP contribution is -2.38. The minimum absolute atomic E-state index is 0.0191. The van der Waals surface area contributed by atoms with E-state index in [4.69, 9.17) is 5.26 Å². The standard InChI is InChI=1S/C19H17N3O4S/c1-13(12-20)27(25,26)16-8-6-15(7-9-16)21-18(23)19(24)22-11-10-14-4-2-3-5-17(14)22/h2-9,13H,10-11H2,1H3,(H,21,23)/t13-/m1/s1. The molecule has 0 fully saturated rings. The highest BCUT2D eigenvalue weighted by Crippen LogP contribution is 2.27. The van der Waals surface area contributed by atoms with Crippen molar-refractivity contribution in [2.24, 2.45) is 0 Å². The summed E-state index contributed by atoms with van der Waals surface area (Å²) in [6.45, 7) is 1.74. The molecule has 3 rings (SSSR count). The summed E-state index contributed by atoms with van der Waals surface area (Å²) >= 11 is 0. The Hall–Kier alpha value is -3.18. The lowest BCUT2D eigenvalue weighted by atomic mass is 10.2. The SMILES string of the molecule is C[C@H](C#N)S(=O)(=O)c1ccc(NC(=O)C(=O)N2CCc3ccccc32)cc1. The minimum Gasteiger partial charge on any atom is -0.318 e. The highest BCUT2D eigenvalue weighted by Gasteiger charge is 2.29. The molecule has 0 saturated heterocycles. The van der Waals surface area contributed by atoms with Gasteiger partial charge in [-0.3, -0.25) is 9.59 Å². The van der Waals surface area contributed by atoms with Gasteiger partial charge in [-0.1, -0.05) is 18.2 Å². The van der Waals surface area contributed by atoms with Crippen molar-refractivity contribution in [3.8, 4) is 6.07 Å². The molecule has 1 N–H and O–H groups in total. The zero-order valence-corrected chi connectivity index (χ0v) is 15.4. The van der Waals surface area contributed by atoms with Crippen molar-refractivity contribution in [3.63, 3.8) is 0 Å². The number of nitriles is 1. The van der Waals surface area contributed by atoms with Crippen LogP contribution in [0.4, 0.5) is 11.4 Å². The average Bonchev–Trinajstić information content (AvgIpc) is 3.11. The van der Waals surface area contributed by atoms with Crippen LogP contribution in [0.2, 0.25) is 0 Å². The normalized spacial score (nSPS) is 14.1. The maximum absolute atomic E-state index is 12.4. The minimum atomic E-state index is -3.75. The molecule has 1 aliphatic rings. The van der Waals surface area contributed by atoms with E-state index in [0.29, 0.717) is 18.7 Å². The van der Waals surface area contributed by atoms with Gasteiger partial charge in [0.05, 0.1) is 11.0 Å². The lowest BCUT2D eigenvalue weighted by molar-refractivity contribution is -0.134. The van der Waals surface area contributed by atoms with Gasteiger partial charge in [0.1, 0.15) is 5.25 Å². The first-order valence-electron chi connectivity index (χ1n) is 8.29. The van der Waals surface area contributed by atoms with E-state index < -0.39 is 26.9 Å². The summed E-state index contributed by atoms with van der Waals surface area (Å²) in [6, 6.07) is 14.5. The molecule has 2 aromatic carbocycles. The first-order chi connectivity index (χ1) is 12.8. The molecule has 2 amide bonds. The molecule has 8 heteroatoms. The highest BCUT2D eigenvalue weighted by atomic mass is 32.2. The van der Waals surface area contributed by atoms with Crippen molar-refractivity contribution in [3.05, 3.63) is 54.1 Å². The van der Waals surface area contributed by atoms with E-state index in [1.165, 1.54) is 36.1 Å². The summed E-state index contributed by atoms with van der Waals surface area (Å²) in [4.78, 5) is 26.1. The molecule has 0 aliphatic carbocycles. The Balaban J connectivity index is 1.72. The summed E-state index contributed by atoms with van der Waals surface area (Å²) in [6.07, 6.45) is 0.693. The third-order valence-corrected chi connectivity index (χ3v) is 6.38. The molecule has 1 atom stereocenters. The molecule has 2 aromatic rings. The quantitative estimate of drug-likeness (QED) is 0.815. The van der Waals surface area contributed by atoms with Gasteiger partial charge in [-0.05, 0) is 49.2 Å². The Morgan fingerprint density at radius 2 is 1.81 bits per heavy atom. The molecular formula is C19H17N3O4S. The molecule has 138 valence electrons. The number of anilines is 2. The number of para-hydroxylation sites is 1. The van der Waals surface area contributed by atoms with E-state index >= 15 is 0 Å². The van der Waals surface area contributed by atoms with E-state index in [-0.39, 0.29) is 4.90 Å². The Kier molecular flexibility index (Phi) is 4.97. The fraction of sp³-hybridized carbons (Fsp3) is 0.211. The monoisotopic (exact) mass is 383 g/mol. The number of carbonyl (C=O) groups excluding carboxylic acids is 2. The molecule has 1 aliphatic heterocycles. The van der Waals surface area contributed by atoms with Gasteiger partial charge in [-0.15, -0.1) is 0 Å². The number of hydrogen-bond donors (Lipinski definition) is 1. The number of sulfone groups is 1. The molecule has 0 radical (unpaired) electrons. The van der Waals surface area contributed by atoms with Gasteiger partial charge in [-0.25, -0.2) is 8.42 Å². The van der Waals surface area contributed by atoms with Crippen LogP contribution in [-0.4, -0.2) is 32.0 Å². The molecular weight excluding hydrogens is 366 g/mol. The summed E-state index contributed by atoms with van der Waals surface area (Å²) in [5.41, 5.74) is 2.04. The first kappa shape index (κ1) is 18.6. The number of amides is 2. The number of nitrogens with zero attached hydrogens (tertiary/aromatic N) is 2. The smallest absolute Gasteiger partial charge is 0.316 e. The number of nitrogens with one attached hydrogen (secondary N) is 1. The predicted molar refractivity (Wildman–Crippen MR) is 99.8 cm³/mol. The molecule has 0 spiro atoms. The molecule has 0 saturated carbocycles. The fourth-order valence-corrected chi connectivity index (χ4v) is 3.92. The second-order valence-corrected chi connectivity index (χ2v) is 8.40. The van der Waals surface area contributed by atoms with Gasteiger partial charge in [0.25, 0.3) is 0 Å². The highest BCUT2D eigenvalue weighted by molar-refractivity contribution is 7.92. The summed E-state index contributed by atoms with van der Waals surface area (Å²) in [5.74, 6) is -1.47. The van der Waals surface area contributed by atoms with Crippen LogP contribution in [0.15, 0.2) is 53.4 Å². The lowest BCUT2D eigenvalue weighted by Gasteiger charge is -2.16. The van der Waals surface area contributed by atoms with Crippen LogP contribution in [0.5, 0.6) is 0 Å². The molecule has 0 bridgehead atoms. The van der Waals surface area contributed by atoms with Crippen LogP contribution in [0, 0.1) is 11.3 Å². The second kappa shape index (κ2) is 7.21. The van der Waals surface area contributed by atoms with Gasteiger partial charge < -0.3 is 10.2 Å². The van der Waals surface area contributed by atoms with Gasteiger partial charge in [0.15, 0.2) is 9.84 Å². The molecule has 0 aromatic heterocycles. The number of hydrogen-bond acceptors (Lipinski definition) is 5. The number of fused-ring (bicyclic) bond motifs is 1. The van der Waals surface area contributed by atoms with Crippen LogP contribution < -0.4 is 10.2 Å². The zero-order valence-electron chi connectivity index (χ0n) is 14.5. The number of rotatable bonds is 3. The summed E-state index contributed by atoms with van der Waals surface area (Å²) < 4.78 is 24.3. The first-order valence-corrected chi connectivity index (χ1v) is 9.83. The zero-order chi connectivity index (χ0) is 19.6. The Morgan fingerprint density at radius 3 is 2.48 bits per heavy atom. The molecule has 27 heavy (non-hydrogen) atoms. The van der Waals surface area contributed by atoms with Crippen molar-refractivity contribution in [2.45, 2.75) is 23.5 Å². The number of benzene rings is 2.